The van der Waals surface area contributed by atoms with Crippen molar-refractivity contribution in [2.45, 2.75) is 19.2 Å². The Kier molecular flexibility index (Phi) is 5.64. The number of nitrogens with one attached hydrogen (secondary N) is 1. The average molecular weight is 409 g/mol. The summed E-state index contributed by atoms with van der Waals surface area (Å²) in [4.78, 5) is 29.2. The molecule has 10 heteroatoms. The second-order valence-electron chi connectivity index (χ2n) is 6.17. The third-order valence-corrected chi connectivity index (χ3v) is 4.06. The predicted octanol–water partition coefficient (Wildman–Crippen LogP) is 3.01. The van der Waals surface area contributed by atoms with E-state index in [1.165, 1.54) is 25.3 Å². The van der Waals surface area contributed by atoms with Crippen LogP contribution < -0.4 is 11.0 Å². The highest BCUT2D eigenvalue weighted by Gasteiger charge is 2.30. The second kappa shape index (κ2) is 8.00. The molecule has 29 heavy (non-hydrogen) atoms. The molecule has 0 radical (unpaired) electrons. The van der Waals surface area contributed by atoms with Crippen molar-refractivity contribution < 1.29 is 27.1 Å². The first kappa shape index (κ1) is 20.5. The van der Waals surface area contributed by atoms with Crippen molar-refractivity contribution in [1.82, 2.24) is 9.66 Å². The van der Waals surface area contributed by atoms with Crippen LogP contribution in [-0.2, 0) is 28.7 Å². The zero-order valence-corrected chi connectivity index (χ0v) is 15.1. The lowest BCUT2D eigenvalue weighted by Gasteiger charge is -2.14. The number of carbonyl (C=O) groups excluding carboxylic acids is 1. The number of methoxy groups -OCH3 is 1. The fourth-order valence-corrected chi connectivity index (χ4v) is 2.71. The third-order valence-electron chi connectivity index (χ3n) is 4.06. The molecule has 1 N–H and O–H groups in total. The van der Waals surface area contributed by atoms with E-state index in [9.17, 15) is 27.2 Å². The number of aromatic nitrogens is 2. The molecule has 3 rings (SSSR count). The second-order valence-corrected chi connectivity index (χ2v) is 6.17. The number of fused-ring (bicyclic) bond motifs is 1. The Balaban J connectivity index is 1.87. The van der Waals surface area contributed by atoms with Crippen molar-refractivity contribution in [2.75, 3.05) is 12.5 Å². The molecule has 3 aromatic rings. The Morgan fingerprint density at radius 1 is 1.17 bits per heavy atom. The van der Waals surface area contributed by atoms with Crippen molar-refractivity contribution in [3.63, 3.8) is 0 Å². The van der Waals surface area contributed by atoms with E-state index in [0.717, 1.165) is 28.9 Å². The number of carbonyl (C=O) groups is 1. The highest BCUT2D eigenvalue weighted by atomic mass is 19.4. The van der Waals surface area contributed by atoms with Gasteiger partial charge in [0.15, 0.2) is 5.82 Å². The van der Waals surface area contributed by atoms with Crippen LogP contribution in [-0.4, -0.2) is 22.7 Å². The normalized spacial score (nSPS) is 11.6. The van der Waals surface area contributed by atoms with Gasteiger partial charge in [-0.3, -0.25) is 15.0 Å². The molecule has 0 aliphatic carbocycles. The van der Waals surface area contributed by atoms with Crippen LogP contribution in [0.2, 0.25) is 0 Å². The quantitative estimate of drug-likeness (QED) is 0.658. The van der Waals surface area contributed by atoms with Crippen molar-refractivity contribution in [3.05, 3.63) is 75.6 Å². The maximum Gasteiger partial charge on any atom is 0.416 e. The van der Waals surface area contributed by atoms with E-state index >= 15 is 0 Å². The Morgan fingerprint density at radius 2 is 1.86 bits per heavy atom. The number of benzene rings is 2. The monoisotopic (exact) mass is 409 g/mol. The van der Waals surface area contributed by atoms with Gasteiger partial charge in [0.2, 0.25) is 5.91 Å². The summed E-state index contributed by atoms with van der Waals surface area (Å²) in [6, 6.07) is 7.54. The highest BCUT2D eigenvalue weighted by molar-refractivity contribution is 5.86. The number of rotatable bonds is 5. The molecule has 152 valence electrons. The van der Waals surface area contributed by atoms with E-state index in [1.54, 1.807) is 0 Å². The van der Waals surface area contributed by atoms with E-state index in [1.807, 2.05) is 0 Å². The smallest absolute Gasteiger partial charge is 0.377 e. The number of ether oxygens (including phenoxy) is 1. The van der Waals surface area contributed by atoms with Gasteiger partial charge in [0.05, 0.1) is 22.9 Å². The molecule has 0 fully saturated rings. The number of amides is 1. The zero-order chi connectivity index (χ0) is 21.2. The maximum atomic E-state index is 13.4. The van der Waals surface area contributed by atoms with Crippen LogP contribution >= 0.6 is 0 Å². The fraction of sp³-hybridized carbons (Fsp3) is 0.211. The molecule has 1 amide bonds. The summed E-state index contributed by atoms with van der Waals surface area (Å²) < 4.78 is 57.2. The summed E-state index contributed by atoms with van der Waals surface area (Å²) in [6.45, 7) is -0.137. The van der Waals surface area contributed by atoms with Crippen molar-refractivity contribution >= 4 is 16.8 Å². The predicted molar refractivity (Wildman–Crippen MR) is 96.2 cm³/mol. The van der Waals surface area contributed by atoms with Crippen molar-refractivity contribution in [3.8, 4) is 0 Å². The van der Waals surface area contributed by atoms with Gasteiger partial charge in [-0.2, -0.15) is 17.8 Å². The Labute approximate surface area is 161 Å². The van der Waals surface area contributed by atoms with Crippen molar-refractivity contribution in [2.24, 2.45) is 0 Å². The van der Waals surface area contributed by atoms with E-state index in [2.05, 4.69) is 10.4 Å². The molecule has 2 aromatic carbocycles. The lowest BCUT2D eigenvalue weighted by Crippen LogP contribution is -2.37. The molecule has 0 aliphatic heterocycles. The van der Waals surface area contributed by atoms with Crippen LogP contribution in [0.25, 0.3) is 10.9 Å². The molecule has 0 aliphatic rings. The van der Waals surface area contributed by atoms with Crippen LogP contribution in [0.1, 0.15) is 17.0 Å². The molecular weight excluding hydrogens is 394 g/mol. The average Bonchev–Trinajstić information content (AvgIpc) is 2.64. The number of alkyl halides is 3. The summed E-state index contributed by atoms with van der Waals surface area (Å²) in [5.41, 5.74) is 1.34. The number of hydrogen-bond acceptors (Lipinski definition) is 4. The minimum absolute atomic E-state index is 0.0383. The lowest BCUT2D eigenvalue weighted by molar-refractivity contribution is -0.137. The number of halogens is 4. The summed E-state index contributed by atoms with van der Waals surface area (Å²) >= 11 is 0. The van der Waals surface area contributed by atoms with Gasteiger partial charge in [-0.25, -0.2) is 9.37 Å². The van der Waals surface area contributed by atoms with E-state index in [4.69, 9.17) is 4.74 Å². The summed E-state index contributed by atoms with van der Waals surface area (Å²) in [5, 5.41) is 0.0843. The van der Waals surface area contributed by atoms with Gasteiger partial charge in [0.25, 0.3) is 5.56 Å². The van der Waals surface area contributed by atoms with Gasteiger partial charge in [-0.05, 0) is 29.8 Å². The topological polar surface area (TPSA) is 73.2 Å². The van der Waals surface area contributed by atoms with Crippen LogP contribution in [0, 0.1) is 5.82 Å². The summed E-state index contributed by atoms with van der Waals surface area (Å²) in [5.74, 6) is -1.18. The maximum absolute atomic E-state index is 13.4. The van der Waals surface area contributed by atoms with Crippen LogP contribution in [0.4, 0.5) is 17.6 Å². The fourth-order valence-electron chi connectivity index (χ4n) is 2.71. The number of nitrogens with zero attached hydrogens (tertiary/aromatic N) is 2. The standard InChI is InChI=1S/C19H15F4N3O3/c1-29-10-16-24-15-9-13(20)6-7-14(15)18(28)26(16)25-17(27)8-11-2-4-12(5-3-11)19(21,22)23/h2-7,9H,8,10H2,1H3,(H,25,27). The minimum atomic E-state index is -4.47. The first-order valence-electron chi connectivity index (χ1n) is 8.35. The minimum Gasteiger partial charge on any atom is -0.377 e. The van der Waals surface area contributed by atoms with Gasteiger partial charge in [-0.15, -0.1) is 0 Å². The third kappa shape index (κ3) is 4.60. The molecule has 0 saturated heterocycles. The van der Waals surface area contributed by atoms with Gasteiger partial charge >= 0.3 is 6.18 Å². The first-order valence-corrected chi connectivity index (χ1v) is 8.35. The Bertz CT molecular complexity index is 1110. The SMILES string of the molecule is COCc1nc2cc(F)ccc2c(=O)n1NC(=O)Cc1ccc(C(F)(F)F)cc1. The van der Waals surface area contributed by atoms with Gasteiger partial charge in [0, 0.05) is 13.2 Å². The van der Waals surface area contributed by atoms with Crippen LogP contribution in [0.5, 0.6) is 0 Å². The molecule has 0 spiro atoms. The molecule has 0 saturated carbocycles. The molecule has 6 nitrogen and oxygen atoms in total. The molecular formula is C19H15F4N3O3. The molecule has 0 atom stereocenters. The van der Waals surface area contributed by atoms with Crippen LogP contribution in [0.15, 0.2) is 47.3 Å². The first-order chi connectivity index (χ1) is 13.7. The van der Waals surface area contributed by atoms with E-state index in [-0.39, 0.29) is 29.8 Å². The molecule has 0 bridgehead atoms. The van der Waals surface area contributed by atoms with E-state index in [0.29, 0.717) is 5.56 Å². The summed E-state index contributed by atoms with van der Waals surface area (Å²) in [6.07, 6.45) is -4.74. The van der Waals surface area contributed by atoms with Crippen LogP contribution in [0.3, 0.4) is 0 Å². The lowest BCUT2D eigenvalue weighted by atomic mass is 10.1. The Hall–Kier alpha value is -3.27. The zero-order valence-electron chi connectivity index (χ0n) is 15.1. The molecule has 0 unspecified atom stereocenters. The van der Waals surface area contributed by atoms with Gasteiger partial charge in [0.1, 0.15) is 12.4 Å². The number of hydrogen-bond donors (Lipinski definition) is 1. The van der Waals surface area contributed by atoms with Gasteiger partial charge < -0.3 is 4.74 Å². The van der Waals surface area contributed by atoms with E-state index < -0.39 is 29.0 Å². The molecule has 1 heterocycles. The van der Waals surface area contributed by atoms with Gasteiger partial charge in [-0.1, -0.05) is 12.1 Å². The largest absolute Gasteiger partial charge is 0.416 e. The van der Waals surface area contributed by atoms with Crippen molar-refractivity contribution in [1.29, 1.82) is 0 Å². The Morgan fingerprint density at radius 3 is 2.48 bits per heavy atom. The molecule has 1 aromatic heterocycles. The highest BCUT2D eigenvalue weighted by Crippen LogP contribution is 2.29. The summed E-state index contributed by atoms with van der Waals surface area (Å²) in [7, 11) is 1.36.